The van der Waals surface area contributed by atoms with Gasteiger partial charge in [-0.3, -0.25) is 14.4 Å². The monoisotopic (exact) mass is 366 g/mol. The highest BCUT2D eigenvalue weighted by Gasteiger charge is 2.39. The first-order valence-electron chi connectivity index (χ1n) is 8.72. The fourth-order valence-electron chi connectivity index (χ4n) is 3.57. The van der Waals surface area contributed by atoms with Crippen LogP contribution in [0.15, 0.2) is 35.1 Å². The first-order chi connectivity index (χ1) is 12.8. The van der Waals surface area contributed by atoms with Crippen LogP contribution in [0.3, 0.4) is 0 Å². The van der Waals surface area contributed by atoms with Crippen LogP contribution in [0.2, 0.25) is 0 Å². The highest BCUT2D eigenvalue weighted by molar-refractivity contribution is 6.21. The normalized spacial score (nSPS) is 17.5. The third-order valence-electron chi connectivity index (χ3n) is 5.09. The summed E-state index contributed by atoms with van der Waals surface area (Å²) >= 11 is 0. The summed E-state index contributed by atoms with van der Waals surface area (Å²) < 4.78 is 0. The van der Waals surface area contributed by atoms with Gasteiger partial charge < -0.3 is 9.82 Å². The van der Waals surface area contributed by atoms with Gasteiger partial charge in [-0.25, -0.2) is 4.79 Å². The van der Waals surface area contributed by atoms with Crippen LogP contribution >= 0.6 is 0 Å². The molecule has 27 heavy (non-hydrogen) atoms. The summed E-state index contributed by atoms with van der Waals surface area (Å²) in [6.45, 7) is 4.25. The molecule has 1 aliphatic carbocycles. The molecule has 1 aliphatic heterocycles. The Balaban J connectivity index is 1.61. The number of aromatic amines is 1. The molecule has 7 heteroatoms. The van der Waals surface area contributed by atoms with Crippen LogP contribution in [0.4, 0.5) is 0 Å². The van der Waals surface area contributed by atoms with Crippen molar-refractivity contribution < 1.29 is 19.2 Å². The lowest BCUT2D eigenvalue weighted by molar-refractivity contribution is -0.0586. The molecule has 0 bridgehead atoms. The topological polar surface area (TPSA) is 96.5 Å². The molecule has 7 nitrogen and oxygen atoms in total. The minimum Gasteiger partial charge on any atom is -0.325 e. The zero-order valence-corrected chi connectivity index (χ0v) is 15.0. The molecule has 0 saturated carbocycles. The Labute approximate surface area is 154 Å². The number of benzene rings is 1. The molecule has 0 saturated heterocycles. The van der Waals surface area contributed by atoms with Gasteiger partial charge >= 0.3 is 5.97 Å². The van der Waals surface area contributed by atoms with E-state index in [2.05, 4.69) is 18.8 Å². The van der Waals surface area contributed by atoms with E-state index in [1.54, 1.807) is 12.1 Å². The molecular weight excluding hydrogens is 348 g/mol. The molecule has 0 radical (unpaired) electrons. The van der Waals surface area contributed by atoms with Crippen LogP contribution < -0.4 is 5.56 Å². The molecule has 0 atom stereocenters. The third kappa shape index (κ3) is 2.85. The van der Waals surface area contributed by atoms with Gasteiger partial charge in [0.2, 0.25) is 0 Å². The second kappa shape index (κ2) is 5.90. The van der Waals surface area contributed by atoms with Crippen LogP contribution in [-0.2, 0) is 17.7 Å². The third-order valence-corrected chi connectivity index (χ3v) is 5.09. The molecular formula is C20H18N2O5. The van der Waals surface area contributed by atoms with Gasteiger partial charge in [0.1, 0.15) is 5.56 Å². The number of carbonyl (C=O) groups is 3. The van der Waals surface area contributed by atoms with Crippen molar-refractivity contribution in [3.8, 4) is 0 Å². The summed E-state index contributed by atoms with van der Waals surface area (Å²) in [4.78, 5) is 57.2. The summed E-state index contributed by atoms with van der Waals surface area (Å²) in [5, 5.41) is 0.412. The van der Waals surface area contributed by atoms with Crippen LogP contribution in [0.5, 0.6) is 0 Å². The molecule has 0 fully saturated rings. The maximum absolute atomic E-state index is 12.5. The maximum atomic E-state index is 12.5. The van der Waals surface area contributed by atoms with Crippen molar-refractivity contribution in [1.82, 2.24) is 10.0 Å². The van der Waals surface area contributed by atoms with Crippen LogP contribution in [0, 0.1) is 5.41 Å². The number of hydrogen-bond acceptors (Lipinski definition) is 5. The van der Waals surface area contributed by atoms with E-state index in [9.17, 15) is 19.2 Å². The quantitative estimate of drug-likeness (QED) is 0.823. The number of amides is 2. The first-order valence-corrected chi connectivity index (χ1v) is 8.72. The summed E-state index contributed by atoms with van der Waals surface area (Å²) in [5.74, 6) is -2.47. The Kier molecular flexibility index (Phi) is 3.76. The predicted molar refractivity (Wildman–Crippen MR) is 95.2 cm³/mol. The molecule has 4 rings (SSSR count). The van der Waals surface area contributed by atoms with Crippen LogP contribution in [0.25, 0.3) is 0 Å². The highest BCUT2D eigenvalue weighted by atomic mass is 16.7. The van der Waals surface area contributed by atoms with Crippen LogP contribution in [0.1, 0.15) is 62.6 Å². The summed E-state index contributed by atoms with van der Waals surface area (Å²) in [6, 6.07) is 7.70. The number of fused-ring (bicyclic) bond motifs is 2. The van der Waals surface area contributed by atoms with E-state index in [1.165, 1.54) is 18.2 Å². The Bertz CT molecular complexity index is 1020. The number of hydrogen-bond donors (Lipinski definition) is 1. The lowest BCUT2D eigenvalue weighted by Gasteiger charge is -2.30. The number of nitrogens with zero attached hydrogens (tertiary/aromatic N) is 1. The molecule has 2 heterocycles. The lowest BCUT2D eigenvalue weighted by Crippen LogP contribution is -2.35. The first kappa shape index (κ1) is 17.2. The Morgan fingerprint density at radius 2 is 1.74 bits per heavy atom. The van der Waals surface area contributed by atoms with Gasteiger partial charge in [0.15, 0.2) is 0 Å². The van der Waals surface area contributed by atoms with Gasteiger partial charge in [-0.2, -0.15) is 0 Å². The van der Waals surface area contributed by atoms with Crippen molar-refractivity contribution in [3.63, 3.8) is 0 Å². The van der Waals surface area contributed by atoms with Gasteiger partial charge in [-0.1, -0.05) is 31.0 Å². The average Bonchev–Trinajstić information content (AvgIpc) is 2.85. The molecule has 1 aromatic heterocycles. The van der Waals surface area contributed by atoms with Gasteiger partial charge in [0.05, 0.1) is 11.1 Å². The van der Waals surface area contributed by atoms with Crippen molar-refractivity contribution in [2.45, 2.75) is 33.1 Å². The van der Waals surface area contributed by atoms with E-state index in [0.29, 0.717) is 11.5 Å². The van der Waals surface area contributed by atoms with Crippen molar-refractivity contribution in [3.05, 3.63) is 68.6 Å². The molecule has 0 unspecified atom stereocenters. The standard InChI is InChI=1S/C20H18N2O5/c1-20(2)8-7-11-9-14(16(23)21-15(11)10-20)19(26)27-22-17(24)12-5-3-4-6-13(12)18(22)25/h3-6,9H,7-8,10H2,1-2H3,(H,21,23). The van der Waals surface area contributed by atoms with Gasteiger partial charge in [-0.05, 0) is 48.4 Å². The Morgan fingerprint density at radius 1 is 1.11 bits per heavy atom. The number of aryl methyl sites for hydroxylation is 1. The largest absolute Gasteiger partial charge is 0.369 e. The summed E-state index contributed by atoms with van der Waals surface area (Å²) in [5.41, 5.74) is 1.29. The van der Waals surface area contributed by atoms with E-state index in [1.807, 2.05) is 0 Å². The molecule has 1 aromatic carbocycles. The van der Waals surface area contributed by atoms with E-state index in [-0.39, 0.29) is 22.1 Å². The van der Waals surface area contributed by atoms with Crippen molar-refractivity contribution in [2.24, 2.45) is 5.41 Å². The molecule has 138 valence electrons. The minimum absolute atomic E-state index is 0.0815. The van der Waals surface area contributed by atoms with E-state index >= 15 is 0 Å². The second-order valence-electron chi connectivity index (χ2n) is 7.69. The fraction of sp³-hybridized carbons (Fsp3) is 0.300. The minimum atomic E-state index is -1.03. The zero-order valence-electron chi connectivity index (χ0n) is 15.0. The number of pyridine rings is 1. The highest BCUT2D eigenvalue weighted by Crippen LogP contribution is 2.33. The number of rotatable bonds is 2. The smallest absolute Gasteiger partial charge is 0.325 e. The Hall–Kier alpha value is -3.22. The second-order valence-corrected chi connectivity index (χ2v) is 7.69. The van der Waals surface area contributed by atoms with E-state index in [4.69, 9.17) is 4.84 Å². The fourth-order valence-corrected chi connectivity index (χ4v) is 3.57. The van der Waals surface area contributed by atoms with Crippen molar-refractivity contribution in [2.75, 3.05) is 0 Å². The maximum Gasteiger partial charge on any atom is 0.369 e. The molecule has 2 aliphatic rings. The predicted octanol–water partition coefficient (Wildman–Crippen LogP) is 2.26. The van der Waals surface area contributed by atoms with Crippen LogP contribution in [-0.4, -0.2) is 27.8 Å². The number of hydroxylamine groups is 2. The number of aromatic nitrogens is 1. The summed E-state index contributed by atoms with van der Waals surface area (Å²) in [7, 11) is 0. The molecule has 2 amide bonds. The number of imide groups is 1. The number of nitrogens with one attached hydrogen (secondary N) is 1. The lowest BCUT2D eigenvalue weighted by atomic mass is 9.76. The van der Waals surface area contributed by atoms with Crippen molar-refractivity contribution >= 4 is 17.8 Å². The van der Waals surface area contributed by atoms with Gasteiger partial charge in [-0.15, -0.1) is 0 Å². The van der Waals surface area contributed by atoms with Gasteiger partial charge in [0, 0.05) is 5.69 Å². The number of H-pyrrole nitrogens is 1. The average molecular weight is 366 g/mol. The number of carbonyl (C=O) groups excluding carboxylic acids is 3. The van der Waals surface area contributed by atoms with E-state index < -0.39 is 23.3 Å². The van der Waals surface area contributed by atoms with Gasteiger partial charge in [0.25, 0.3) is 17.4 Å². The molecule has 0 spiro atoms. The molecule has 1 N–H and O–H groups in total. The zero-order chi connectivity index (χ0) is 19.3. The SMILES string of the molecule is CC1(C)CCc2cc(C(=O)ON3C(=O)c4ccccc4C3=O)c(=O)[nH]c2C1. The molecule has 2 aromatic rings. The van der Waals surface area contributed by atoms with Crippen molar-refractivity contribution in [1.29, 1.82) is 0 Å². The summed E-state index contributed by atoms with van der Waals surface area (Å²) in [6.07, 6.45) is 2.37. The van der Waals surface area contributed by atoms with E-state index in [0.717, 1.165) is 24.1 Å². The Morgan fingerprint density at radius 3 is 2.37 bits per heavy atom.